The van der Waals surface area contributed by atoms with Gasteiger partial charge in [0.25, 0.3) is 5.91 Å². The Morgan fingerprint density at radius 2 is 1.90 bits per heavy atom. The van der Waals surface area contributed by atoms with Crippen LogP contribution in [0.15, 0.2) is 29.9 Å². The molecule has 1 unspecified atom stereocenters. The Balaban J connectivity index is 1.46. The Hall–Kier alpha value is -3.19. The molecule has 0 bridgehead atoms. The molecule has 2 aromatic heterocycles. The van der Waals surface area contributed by atoms with Crippen molar-refractivity contribution < 1.29 is 13.9 Å². The highest BCUT2D eigenvalue weighted by Gasteiger charge is 2.26. The number of morpholine rings is 1. The van der Waals surface area contributed by atoms with Gasteiger partial charge in [0, 0.05) is 74.2 Å². The lowest BCUT2D eigenvalue weighted by Crippen LogP contribution is -2.50. The van der Waals surface area contributed by atoms with Crippen molar-refractivity contribution in [1.29, 1.82) is 0 Å². The standard InChI is InChI=1S/C27H35FN8O2S/c1-18-15-36(6-5-34(18)4)24-12-21(28)20(19-13-29-27(30-14-19)35-7-9-38-10-8-35)11-22(24)32-26(37)23-17-39-25(31-23)16-33(2)3/h11-14,17-18H,5-10,15-16H2,1-4H3,(H,32,37). The number of nitrogens with zero attached hydrogens (tertiary/aromatic N) is 7. The normalized spacial score (nSPS) is 18.6. The van der Waals surface area contributed by atoms with Gasteiger partial charge in [0.15, 0.2) is 0 Å². The summed E-state index contributed by atoms with van der Waals surface area (Å²) in [4.78, 5) is 35.2. The highest BCUT2D eigenvalue weighted by molar-refractivity contribution is 7.09. The van der Waals surface area contributed by atoms with E-state index in [-0.39, 0.29) is 11.7 Å². The van der Waals surface area contributed by atoms with Crippen LogP contribution < -0.4 is 15.1 Å². The zero-order valence-corrected chi connectivity index (χ0v) is 23.7. The smallest absolute Gasteiger partial charge is 0.275 e. The highest BCUT2D eigenvalue weighted by Crippen LogP contribution is 2.35. The second-order valence-corrected chi connectivity index (χ2v) is 11.3. The fourth-order valence-electron chi connectivity index (χ4n) is 4.74. The Labute approximate surface area is 232 Å². The van der Waals surface area contributed by atoms with E-state index in [4.69, 9.17) is 4.74 Å². The fraction of sp³-hybridized carbons (Fsp3) is 0.481. The summed E-state index contributed by atoms with van der Waals surface area (Å²) in [6.45, 7) is 7.78. The summed E-state index contributed by atoms with van der Waals surface area (Å²) in [5, 5.41) is 5.64. The van der Waals surface area contributed by atoms with Crippen LogP contribution in [0.3, 0.4) is 0 Å². The average molecular weight is 555 g/mol. The molecule has 1 N–H and O–H groups in total. The molecule has 208 valence electrons. The molecule has 1 amide bonds. The van der Waals surface area contributed by atoms with Crippen molar-refractivity contribution in [3.8, 4) is 11.1 Å². The number of carbonyl (C=O) groups excluding carboxylic acids is 1. The van der Waals surface area contributed by atoms with Crippen LogP contribution >= 0.6 is 11.3 Å². The number of amides is 1. The average Bonchev–Trinajstić information content (AvgIpc) is 3.40. The molecule has 0 radical (unpaired) electrons. The lowest BCUT2D eigenvalue weighted by molar-refractivity contribution is 0.102. The number of likely N-dealkylation sites (N-methyl/N-ethyl adjacent to an activating group) is 1. The third-order valence-corrected chi connectivity index (χ3v) is 7.95. The van der Waals surface area contributed by atoms with Crippen LogP contribution in [0.1, 0.15) is 22.4 Å². The minimum Gasteiger partial charge on any atom is -0.378 e. The van der Waals surface area contributed by atoms with Crippen LogP contribution in [0.5, 0.6) is 0 Å². The second kappa shape index (κ2) is 11.9. The van der Waals surface area contributed by atoms with Gasteiger partial charge in [0.2, 0.25) is 5.95 Å². The van der Waals surface area contributed by atoms with E-state index in [0.29, 0.717) is 59.9 Å². The van der Waals surface area contributed by atoms with E-state index in [1.54, 1.807) is 23.8 Å². The SMILES string of the molecule is CC1CN(c2cc(F)c(-c3cnc(N4CCOCC4)nc3)cc2NC(=O)c2csc(CN(C)C)n2)CCN1C. The van der Waals surface area contributed by atoms with Crippen LogP contribution in [-0.2, 0) is 11.3 Å². The van der Waals surface area contributed by atoms with Gasteiger partial charge in [-0.05, 0) is 40.2 Å². The molecular formula is C27H35FN8O2S. The summed E-state index contributed by atoms with van der Waals surface area (Å²) < 4.78 is 21.0. The van der Waals surface area contributed by atoms with Crippen LogP contribution in [0, 0.1) is 5.82 Å². The van der Waals surface area contributed by atoms with Gasteiger partial charge in [-0.1, -0.05) is 0 Å². The van der Waals surface area contributed by atoms with E-state index in [1.807, 2.05) is 23.9 Å². The lowest BCUT2D eigenvalue weighted by Gasteiger charge is -2.39. The molecule has 1 atom stereocenters. The Kier molecular flexibility index (Phi) is 8.36. The first-order valence-corrected chi connectivity index (χ1v) is 14.0. The van der Waals surface area contributed by atoms with Crippen LogP contribution in [0.2, 0.25) is 0 Å². The maximum atomic E-state index is 15.6. The fourth-order valence-corrected chi connectivity index (χ4v) is 5.64. The molecule has 2 saturated heterocycles. The number of carbonyl (C=O) groups is 1. The summed E-state index contributed by atoms with van der Waals surface area (Å²) in [5.74, 6) is -0.119. The van der Waals surface area contributed by atoms with Gasteiger partial charge in [-0.25, -0.2) is 19.3 Å². The Morgan fingerprint density at radius 1 is 1.15 bits per heavy atom. The van der Waals surface area contributed by atoms with E-state index >= 15 is 4.39 Å². The predicted octanol–water partition coefficient (Wildman–Crippen LogP) is 3.03. The van der Waals surface area contributed by atoms with Crippen molar-refractivity contribution in [2.45, 2.75) is 19.5 Å². The zero-order valence-electron chi connectivity index (χ0n) is 22.9. The molecule has 2 aliphatic heterocycles. The maximum Gasteiger partial charge on any atom is 0.275 e. The minimum atomic E-state index is -0.390. The summed E-state index contributed by atoms with van der Waals surface area (Å²) in [6.07, 6.45) is 3.26. The molecule has 1 aromatic carbocycles. The number of rotatable bonds is 7. The van der Waals surface area contributed by atoms with Gasteiger partial charge < -0.3 is 29.7 Å². The van der Waals surface area contributed by atoms with Crippen molar-refractivity contribution in [2.75, 3.05) is 82.2 Å². The number of anilines is 3. The van der Waals surface area contributed by atoms with Gasteiger partial charge in [0.1, 0.15) is 16.5 Å². The molecule has 4 heterocycles. The van der Waals surface area contributed by atoms with Crippen LogP contribution in [0.25, 0.3) is 11.1 Å². The molecule has 10 nitrogen and oxygen atoms in total. The zero-order chi connectivity index (χ0) is 27.5. The third-order valence-electron chi connectivity index (χ3n) is 7.11. The number of piperazine rings is 1. The largest absolute Gasteiger partial charge is 0.378 e. The molecular weight excluding hydrogens is 519 g/mol. The van der Waals surface area contributed by atoms with Gasteiger partial charge in [-0.15, -0.1) is 11.3 Å². The predicted molar refractivity (Wildman–Crippen MR) is 152 cm³/mol. The molecule has 3 aromatic rings. The number of thiazole rings is 1. The number of hydrogen-bond acceptors (Lipinski definition) is 10. The lowest BCUT2D eigenvalue weighted by atomic mass is 10.0. The van der Waals surface area contributed by atoms with E-state index in [0.717, 1.165) is 37.7 Å². The van der Waals surface area contributed by atoms with Crippen LogP contribution in [0.4, 0.5) is 21.7 Å². The van der Waals surface area contributed by atoms with E-state index in [2.05, 4.69) is 44.0 Å². The number of nitrogens with one attached hydrogen (secondary N) is 1. The maximum absolute atomic E-state index is 15.6. The topological polar surface area (TPSA) is 90.0 Å². The third kappa shape index (κ3) is 6.35. The van der Waals surface area contributed by atoms with Gasteiger partial charge >= 0.3 is 0 Å². The monoisotopic (exact) mass is 554 g/mol. The molecule has 12 heteroatoms. The number of halogens is 1. The summed E-state index contributed by atoms with van der Waals surface area (Å²) in [6, 6.07) is 3.49. The van der Waals surface area contributed by atoms with E-state index < -0.39 is 0 Å². The first-order valence-electron chi connectivity index (χ1n) is 13.1. The van der Waals surface area contributed by atoms with Crippen molar-refractivity contribution in [3.05, 3.63) is 46.4 Å². The van der Waals surface area contributed by atoms with Gasteiger partial charge in [-0.3, -0.25) is 4.79 Å². The van der Waals surface area contributed by atoms with Crippen LogP contribution in [-0.4, -0.2) is 104 Å². The molecule has 5 rings (SSSR count). The van der Waals surface area contributed by atoms with Crippen molar-refractivity contribution in [3.63, 3.8) is 0 Å². The quantitative estimate of drug-likeness (QED) is 0.473. The highest BCUT2D eigenvalue weighted by atomic mass is 32.1. The molecule has 0 aliphatic carbocycles. The minimum absolute atomic E-state index is 0.290. The molecule has 39 heavy (non-hydrogen) atoms. The number of hydrogen-bond donors (Lipinski definition) is 1. The Bertz CT molecular complexity index is 1300. The van der Waals surface area contributed by atoms with Gasteiger partial charge in [-0.2, -0.15) is 0 Å². The molecule has 0 spiro atoms. The van der Waals surface area contributed by atoms with Crippen molar-refractivity contribution in [2.24, 2.45) is 0 Å². The number of aromatic nitrogens is 3. The molecule has 0 saturated carbocycles. The van der Waals surface area contributed by atoms with Gasteiger partial charge in [0.05, 0.1) is 24.6 Å². The Morgan fingerprint density at radius 3 is 2.59 bits per heavy atom. The first kappa shape index (κ1) is 27.4. The number of benzene rings is 1. The van der Waals surface area contributed by atoms with E-state index in [9.17, 15) is 4.79 Å². The van der Waals surface area contributed by atoms with Crippen molar-refractivity contribution >= 4 is 34.6 Å². The van der Waals surface area contributed by atoms with Crippen molar-refractivity contribution in [1.82, 2.24) is 24.8 Å². The molecule has 2 fully saturated rings. The number of ether oxygens (including phenoxy) is 1. The van der Waals surface area contributed by atoms with E-state index in [1.165, 1.54) is 17.4 Å². The molecule has 2 aliphatic rings. The second-order valence-electron chi connectivity index (χ2n) is 10.3. The summed E-state index contributed by atoms with van der Waals surface area (Å²) in [5.41, 5.74) is 2.40. The summed E-state index contributed by atoms with van der Waals surface area (Å²) in [7, 11) is 6.01. The summed E-state index contributed by atoms with van der Waals surface area (Å²) >= 11 is 1.45. The first-order chi connectivity index (χ1) is 18.8.